The minimum Gasteiger partial charge on any atom is -0.465 e. The first-order valence-corrected chi connectivity index (χ1v) is 8.23. The molecular formula is C15H19N3O2S. The molecule has 0 spiro atoms. The Bertz CT molecular complexity index is 647. The molecule has 6 heteroatoms. The Morgan fingerprint density at radius 2 is 2.38 bits per heavy atom. The quantitative estimate of drug-likeness (QED) is 0.815. The number of hydrogen-bond acceptors (Lipinski definition) is 5. The second-order valence-electron chi connectivity index (χ2n) is 5.11. The van der Waals surface area contributed by atoms with E-state index in [0.717, 1.165) is 42.1 Å². The van der Waals surface area contributed by atoms with Crippen LogP contribution in [0.5, 0.6) is 0 Å². The summed E-state index contributed by atoms with van der Waals surface area (Å²) in [6.07, 6.45) is 6.71. The molecule has 21 heavy (non-hydrogen) atoms. The van der Waals surface area contributed by atoms with Crippen molar-refractivity contribution in [3.05, 3.63) is 23.0 Å². The number of carbonyl (C=O) groups excluding carboxylic acids is 1. The Balaban J connectivity index is 1.92. The van der Waals surface area contributed by atoms with Gasteiger partial charge in [0.1, 0.15) is 10.9 Å². The first-order chi connectivity index (χ1) is 10.2. The van der Waals surface area contributed by atoms with Gasteiger partial charge in [-0.2, -0.15) is 5.10 Å². The molecule has 2 aromatic rings. The molecule has 2 aromatic heterocycles. The normalized spacial score (nSPS) is 17.5. The highest BCUT2D eigenvalue weighted by atomic mass is 32.1. The molecule has 0 amide bonds. The van der Waals surface area contributed by atoms with Gasteiger partial charge in [-0.3, -0.25) is 9.48 Å². The van der Waals surface area contributed by atoms with Gasteiger partial charge < -0.3 is 4.74 Å². The van der Waals surface area contributed by atoms with Gasteiger partial charge in [-0.05, 0) is 33.1 Å². The summed E-state index contributed by atoms with van der Waals surface area (Å²) in [5.74, 6) is -0.334. The molecule has 3 rings (SSSR count). The van der Waals surface area contributed by atoms with Crippen LogP contribution < -0.4 is 0 Å². The van der Waals surface area contributed by atoms with Gasteiger partial charge in [0.15, 0.2) is 0 Å². The number of hydrogen-bond donors (Lipinski definition) is 0. The number of thiazole rings is 1. The van der Waals surface area contributed by atoms with Gasteiger partial charge in [0.25, 0.3) is 0 Å². The summed E-state index contributed by atoms with van der Waals surface area (Å²) in [4.78, 5) is 18.0. The number of carbonyl (C=O) groups is 1. The molecular weight excluding hydrogens is 286 g/mol. The van der Waals surface area contributed by atoms with Crippen LogP contribution in [0.25, 0.3) is 10.6 Å². The topological polar surface area (TPSA) is 57.0 Å². The van der Waals surface area contributed by atoms with Crippen molar-refractivity contribution in [3.63, 3.8) is 0 Å². The largest absolute Gasteiger partial charge is 0.465 e. The van der Waals surface area contributed by atoms with Crippen LogP contribution in [0.1, 0.15) is 43.2 Å². The maximum atomic E-state index is 12.1. The first kappa shape index (κ1) is 14.3. The Kier molecular flexibility index (Phi) is 4.05. The highest BCUT2D eigenvalue weighted by molar-refractivity contribution is 7.15. The number of rotatable bonds is 4. The van der Waals surface area contributed by atoms with Crippen molar-refractivity contribution in [2.75, 3.05) is 6.61 Å². The van der Waals surface area contributed by atoms with Crippen LogP contribution in [0.3, 0.4) is 0 Å². The number of ether oxygens (including phenoxy) is 1. The van der Waals surface area contributed by atoms with E-state index in [1.807, 2.05) is 24.0 Å². The van der Waals surface area contributed by atoms with Crippen LogP contribution in [0.15, 0.2) is 12.4 Å². The smallest absolute Gasteiger partial charge is 0.315 e. The van der Waals surface area contributed by atoms with Crippen molar-refractivity contribution in [2.24, 2.45) is 0 Å². The second-order valence-corrected chi connectivity index (χ2v) is 6.19. The highest BCUT2D eigenvalue weighted by Crippen LogP contribution is 2.38. The van der Waals surface area contributed by atoms with Gasteiger partial charge >= 0.3 is 5.97 Å². The van der Waals surface area contributed by atoms with Crippen molar-refractivity contribution >= 4 is 17.3 Å². The van der Waals surface area contributed by atoms with Crippen molar-refractivity contribution in [2.45, 2.75) is 45.6 Å². The number of fused-ring (bicyclic) bond motifs is 1. The number of esters is 1. The van der Waals surface area contributed by atoms with E-state index in [4.69, 9.17) is 9.72 Å². The standard InChI is InChI=1S/C15H19N3O2S/c1-3-18-9-10(8-16-18)14-17-13-11(15(19)20-4-2)6-5-7-12(13)21-14/h8-9,11H,3-7H2,1-2H3. The Morgan fingerprint density at radius 1 is 1.52 bits per heavy atom. The monoisotopic (exact) mass is 305 g/mol. The van der Waals surface area contributed by atoms with Crippen molar-refractivity contribution in [3.8, 4) is 10.6 Å². The summed E-state index contributed by atoms with van der Waals surface area (Å²) in [5.41, 5.74) is 1.95. The molecule has 1 aliphatic carbocycles. The van der Waals surface area contributed by atoms with Gasteiger partial charge in [-0.1, -0.05) is 0 Å². The molecule has 5 nitrogen and oxygen atoms in total. The van der Waals surface area contributed by atoms with Crippen LogP contribution in [0.4, 0.5) is 0 Å². The predicted molar refractivity (Wildman–Crippen MR) is 81.3 cm³/mol. The van der Waals surface area contributed by atoms with Crippen molar-refractivity contribution in [1.82, 2.24) is 14.8 Å². The van der Waals surface area contributed by atoms with Crippen LogP contribution >= 0.6 is 11.3 Å². The molecule has 112 valence electrons. The lowest BCUT2D eigenvalue weighted by molar-refractivity contribution is -0.145. The van der Waals surface area contributed by atoms with E-state index < -0.39 is 0 Å². The minimum atomic E-state index is -0.195. The Labute approximate surface area is 128 Å². The Hall–Kier alpha value is -1.69. The summed E-state index contributed by atoms with van der Waals surface area (Å²) in [5, 5.41) is 5.25. The first-order valence-electron chi connectivity index (χ1n) is 7.42. The van der Waals surface area contributed by atoms with Gasteiger partial charge in [0, 0.05) is 23.2 Å². The lowest BCUT2D eigenvalue weighted by Gasteiger charge is -2.19. The van der Waals surface area contributed by atoms with E-state index >= 15 is 0 Å². The molecule has 0 fully saturated rings. The average Bonchev–Trinajstić information content (AvgIpc) is 3.13. The SMILES string of the molecule is CCOC(=O)C1CCCc2sc(-c3cnn(CC)c3)nc21. The fourth-order valence-corrected chi connectivity index (χ4v) is 3.80. The number of nitrogens with zero attached hydrogens (tertiary/aromatic N) is 3. The molecule has 0 saturated carbocycles. The third kappa shape index (κ3) is 2.72. The maximum Gasteiger partial charge on any atom is 0.315 e. The molecule has 0 bridgehead atoms. The van der Waals surface area contributed by atoms with Gasteiger partial charge in [-0.15, -0.1) is 11.3 Å². The third-order valence-corrected chi connectivity index (χ3v) is 4.91. The maximum absolute atomic E-state index is 12.1. The molecule has 1 atom stereocenters. The molecule has 0 radical (unpaired) electrons. The fraction of sp³-hybridized carbons (Fsp3) is 0.533. The zero-order chi connectivity index (χ0) is 14.8. The zero-order valence-corrected chi connectivity index (χ0v) is 13.2. The molecule has 0 N–H and O–H groups in total. The van der Waals surface area contributed by atoms with E-state index in [1.54, 1.807) is 11.3 Å². The van der Waals surface area contributed by atoms with Gasteiger partial charge in [-0.25, -0.2) is 4.98 Å². The zero-order valence-electron chi connectivity index (χ0n) is 12.3. The minimum absolute atomic E-state index is 0.139. The summed E-state index contributed by atoms with van der Waals surface area (Å²) in [7, 11) is 0. The van der Waals surface area contributed by atoms with Crippen LogP contribution in [0, 0.1) is 0 Å². The third-order valence-electron chi connectivity index (χ3n) is 3.73. The molecule has 1 unspecified atom stereocenters. The highest BCUT2D eigenvalue weighted by Gasteiger charge is 2.31. The lowest BCUT2D eigenvalue weighted by Crippen LogP contribution is -2.20. The predicted octanol–water partition coefficient (Wildman–Crippen LogP) is 3.01. The Morgan fingerprint density at radius 3 is 3.10 bits per heavy atom. The summed E-state index contributed by atoms with van der Waals surface area (Å²) in [6.45, 7) is 5.16. The molecule has 1 aliphatic rings. The molecule has 0 aromatic carbocycles. The van der Waals surface area contributed by atoms with Gasteiger partial charge in [0.05, 0.1) is 18.5 Å². The summed E-state index contributed by atoms with van der Waals surface area (Å²) < 4.78 is 7.07. The van der Waals surface area contributed by atoms with Crippen LogP contribution in [-0.2, 0) is 22.5 Å². The molecule has 0 saturated heterocycles. The van der Waals surface area contributed by atoms with E-state index in [-0.39, 0.29) is 11.9 Å². The van der Waals surface area contributed by atoms with E-state index in [2.05, 4.69) is 12.0 Å². The van der Waals surface area contributed by atoms with Gasteiger partial charge in [0.2, 0.25) is 0 Å². The summed E-state index contributed by atoms with van der Waals surface area (Å²) in [6, 6.07) is 0. The number of aryl methyl sites for hydroxylation is 2. The van der Waals surface area contributed by atoms with E-state index in [9.17, 15) is 4.79 Å². The van der Waals surface area contributed by atoms with Crippen LogP contribution in [0.2, 0.25) is 0 Å². The fourth-order valence-electron chi connectivity index (χ4n) is 2.66. The molecule has 2 heterocycles. The van der Waals surface area contributed by atoms with E-state index in [0.29, 0.717) is 6.61 Å². The average molecular weight is 305 g/mol. The lowest BCUT2D eigenvalue weighted by atomic mass is 9.91. The summed E-state index contributed by atoms with van der Waals surface area (Å²) >= 11 is 1.68. The van der Waals surface area contributed by atoms with Crippen molar-refractivity contribution < 1.29 is 9.53 Å². The number of aromatic nitrogens is 3. The van der Waals surface area contributed by atoms with E-state index in [1.165, 1.54) is 4.88 Å². The molecule has 0 aliphatic heterocycles. The van der Waals surface area contributed by atoms with Crippen LogP contribution in [-0.4, -0.2) is 27.3 Å². The second kappa shape index (κ2) is 5.97. The van der Waals surface area contributed by atoms with Crippen molar-refractivity contribution in [1.29, 1.82) is 0 Å².